The molecule has 24 heavy (non-hydrogen) atoms. The van der Waals surface area contributed by atoms with Gasteiger partial charge in [-0.05, 0) is 43.5 Å². The molecule has 126 valence electrons. The minimum Gasteiger partial charge on any atom is -0.459 e. The first kappa shape index (κ1) is 16.1. The van der Waals surface area contributed by atoms with Gasteiger partial charge in [0.05, 0.1) is 24.2 Å². The van der Waals surface area contributed by atoms with Gasteiger partial charge in [0.25, 0.3) is 5.91 Å². The molecule has 0 unspecified atom stereocenters. The fourth-order valence-corrected chi connectivity index (χ4v) is 2.84. The standard InChI is InChI=1S/C18H21N3O3/c22-17(13-19-18(23)16-9-6-12-24-16)20-14-7-2-3-8-15(14)21-10-4-1-5-11-21/h2-3,6-9,12H,1,4-5,10-11,13H2,(H,19,23)(H,20,22). The summed E-state index contributed by atoms with van der Waals surface area (Å²) in [6, 6.07) is 10.9. The van der Waals surface area contributed by atoms with Crippen molar-refractivity contribution in [2.75, 3.05) is 29.9 Å². The van der Waals surface area contributed by atoms with E-state index >= 15 is 0 Å². The topological polar surface area (TPSA) is 74.6 Å². The summed E-state index contributed by atoms with van der Waals surface area (Å²) in [7, 11) is 0. The van der Waals surface area contributed by atoms with Crippen LogP contribution in [0.3, 0.4) is 0 Å². The van der Waals surface area contributed by atoms with Crippen LogP contribution in [-0.2, 0) is 4.79 Å². The number of piperidine rings is 1. The third-order valence-corrected chi connectivity index (χ3v) is 4.03. The molecule has 1 aromatic carbocycles. The highest BCUT2D eigenvalue weighted by Crippen LogP contribution is 2.28. The number of carbonyl (C=O) groups is 2. The van der Waals surface area contributed by atoms with Crippen molar-refractivity contribution in [2.24, 2.45) is 0 Å². The van der Waals surface area contributed by atoms with E-state index in [1.54, 1.807) is 12.1 Å². The zero-order chi connectivity index (χ0) is 16.8. The Bertz CT molecular complexity index is 691. The summed E-state index contributed by atoms with van der Waals surface area (Å²) in [5.74, 6) is -0.477. The van der Waals surface area contributed by atoms with E-state index in [2.05, 4.69) is 15.5 Å². The third kappa shape index (κ3) is 3.95. The van der Waals surface area contributed by atoms with Crippen molar-refractivity contribution in [3.63, 3.8) is 0 Å². The van der Waals surface area contributed by atoms with Crippen molar-refractivity contribution >= 4 is 23.2 Å². The van der Waals surface area contributed by atoms with Gasteiger partial charge in [0.15, 0.2) is 5.76 Å². The molecule has 0 atom stereocenters. The summed E-state index contributed by atoms with van der Waals surface area (Å²) >= 11 is 0. The Hall–Kier alpha value is -2.76. The molecule has 0 aliphatic carbocycles. The molecule has 1 saturated heterocycles. The van der Waals surface area contributed by atoms with E-state index in [9.17, 15) is 9.59 Å². The average Bonchev–Trinajstić information content (AvgIpc) is 3.16. The largest absolute Gasteiger partial charge is 0.459 e. The lowest BCUT2D eigenvalue weighted by Crippen LogP contribution is -2.34. The highest BCUT2D eigenvalue weighted by atomic mass is 16.3. The first-order chi connectivity index (χ1) is 11.7. The van der Waals surface area contributed by atoms with E-state index in [1.807, 2.05) is 24.3 Å². The first-order valence-electron chi connectivity index (χ1n) is 8.19. The summed E-state index contributed by atoms with van der Waals surface area (Å²) in [6.07, 6.45) is 5.01. The third-order valence-electron chi connectivity index (χ3n) is 4.03. The first-order valence-corrected chi connectivity index (χ1v) is 8.19. The second-order valence-corrected chi connectivity index (χ2v) is 5.77. The summed E-state index contributed by atoms with van der Waals surface area (Å²) in [5, 5.41) is 5.43. The highest BCUT2D eigenvalue weighted by Gasteiger charge is 2.16. The highest BCUT2D eigenvalue weighted by molar-refractivity contribution is 5.99. The predicted molar refractivity (Wildman–Crippen MR) is 92.2 cm³/mol. The van der Waals surface area contributed by atoms with Crippen molar-refractivity contribution < 1.29 is 14.0 Å². The van der Waals surface area contributed by atoms with Crippen LogP contribution in [0.1, 0.15) is 29.8 Å². The average molecular weight is 327 g/mol. The lowest BCUT2D eigenvalue weighted by molar-refractivity contribution is -0.115. The van der Waals surface area contributed by atoms with Gasteiger partial charge in [-0.15, -0.1) is 0 Å². The maximum Gasteiger partial charge on any atom is 0.287 e. The molecule has 6 nitrogen and oxygen atoms in total. The number of anilines is 2. The van der Waals surface area contributed by atoms with Crippen LogP contribution in [0, 0.1) is 0 Å². The number of rotatable bonds is 5. The van der Waals surface area contributed by atoms with Crippen molar-refractivity contribution in [3.8, 4) is 0 Å². The zero-order valence-corrected chi connectivity index (χ0v) is 13.5. The molecule has 0 saturated carbocycles. The van der Waals surface area contributed by atoms with E-state index in [4.69, 9.17) is 4.42 Å². The normalized spacial score (nSPS) is 14.2. The van der Waals surface area contributed by atoms with Gasteiger partial charge in [0.1, 0.15) is 0 Å². The van der Waals surface area contributed by atoms with Gasteiger partial charge >= 0.3 is 0 Å². The molecule has 2 amide bonds. The van der Waals surface area contributed by atoms with Crippen LogP contribution >= 0.6 is 0 Å². The van der Waals surface area contributed by atoms with E-state index in [0.29, 0.717) is 0 Å². The van der Waals surface area contributed by atoms with E-state index in [1.165, 1.54) is 25.5 Å². The molecule has 3 rings (SSSR count). The molecular formula is C18H21N3O3. The fraction of sp³-hybridized carbons (Fsp3) is 0.333. The van der Waals surface area contributed by atoms with Gasteiger partial charge < -0.3 is 20.0 Å². The second kappa shape index (κ2) is 7.68. The molecule has 6 heteroatoms. The molecule has 1 fully saturated rings. The van der Waals surface area contributed by atoms with Crippen LogP contribution in [0.5, 0.6) is 0 Å². The number of para-hydroxylation sites is 2. The number of benzene rings is 1. The summed E-state index contributed by atoms with van der Waals surface area (Å²) in [5.41, 5.74) is 1.81. The molecule has 1 aromatic heterocycles. The van der Waals surface area contributed by atoms with Gasteiger partial charge in [-0.2, -0.15) is 0 Å². The van der Waals surface area contributed by atoms with Crippen molar-refractivity contribution in [1.29, 1.82) is 0 Å². The number of furan rings is 1. The molecule has 0 spiro atoms. The van der Waals surface area contributed by atoms with E-state index in [-0.39, 0.29) is 18.2 Å². The maximum atomic E-state index is 12.1. The van der Waals surface area contributed by atoms with Gasteiger partial charge in [0.2, 0.25) is 5.91 Å². The van der Waals surface area contributed by atoms with Crippen molar-refractivity contribution in [2.45, 2.75) is 19.3 Å². The van der Waals surface area contributed by atoms with Crippen molar-refractivity contribution in [3.05, 3.63) is 48.4 Å². The summed E-state index contributed by atoms with van der Waals surface area (Å²) in [6.45, 7) is 1.90. The molecular weight excluding hydrogens is 306 g/mol. The SMILES string of the molecule is O=C(CNC(=O)c1ccco1)Nc1ccccc1N1CCCCC1. The number of hydrogen-bond acceptors (Lipinski definition) is 4. The predicted octanol–water partition coefficient (Wildman–Crippen LogP) is 2.64. The van der Waals surface area contributed by atoms with Crippen LogP contribution in [0.2, 0.25) is 0 Å². The van der Waals surface area contributed by atoms with Crippen LogP contribution in [0.15, 0.2) is 47.1 Å². The molecule has 0 radical (unpaired) electrons. The lowest BCUT2D eigenvalue weighted by Gasteiger charge is -2.30. The second-order valence-electron chi connectivity index (χ2n) is 5.77. The maximum absolute atomic E-state index is 12.1. The number of nitrogens with zero attached hydrogens (tertiary/aromatic N) is 1. The van der Waals surface area contributed by atoms with E-state index in [0.717, 1.165) is 24.5 Å². The Kier molecular flexibility index (Phi) is 5.15. The van der Waals surface area contributed by atoms with Gasteiger partial charge in [-0.1, -0.05) is 12.1 Å². The Balaban J connectivity index is 1.59. The van der Waals surface area contributed by atoms with Gasteiger partial charge in [0, 0.05) is 13.1 Å². The van der Waals surface area contributed by atoms with Crippen LogP contribution in [-0.4, -0.2) is 31.4 Å². The van der Waals surface area contributed by atoms with Crippen LogP contribution in [0.25, 0.3) is 0 Å². The van der Waals surface area contributed by atoms with Crippen molar-refractivity contribution in [1.82, 2.24) is 5.32 Å². The Labute approximate surface area is 140 Å². The number of nitrogens with one attached hydrogen (secondary N) is 2. The lowest BCUT2D eigenvalue weighted by atomic mass is 10.1. The van der Waals surface area contributed by atoms with Crippen LogP contribution < -0.4 is 15.5 Å². The number of carbonyl (C=O) groups excluding carboxylic acids is 2. The minimum atomic E-state index is -0.403. The van der Waals surface area contributed by atoms with Gasteiger partial charge in [-0.3, -0.25) is 9.59 Å². The van der Waals surface area contributed by atoms with Gasteiger partial charge in [-0.25, -0.2) is 0 Å². The minimum absolute atomic E-state index is 0.103. The molecule has 2 aromatic rings. The Morgan fingerprint density at radius 3 is 2.58 bits per heavy atom. The monoisotopic (exact) mass is 327 g/mol. The quantitative estimate of drug-likeness (QED) is 0.885. The number of hydrogen-bond donors (Lipinski definition) is 2. The fourth-order valence-electron chi connectivity index (χ4n) is 2.84. The van der Waals surface area contributed by atoms with Crippen LogP contribution in [0.4, 0.5) is 11.4 Å². The summed E-state index contributed by atoms with van der Waals surface area (Å²) < 4.78 is 4.99. The summed E-state index contributed by atoms with van der Waals surface area (Å²) in [4.78, 5) is 26.2. The molecule has 1 aliphatic rings. The Morgan fingerprint density at radius 1 is 1.04 bits per heavy atom. The molecule has 2 N–H and O–H groups in total. The van der Waals surface area contributed by atoms with E-state index < -0.39 is 5.91 Å². The smallest absolute Gasteiger partial charge is 0.287 e. The molecule has 2 heterocycles. The molecule has 1 aliphatic heterocycles. The molecule has 0 bridgehead atoms. The Morgan fingerprint density at radius 2 is 1.83 bits per heavy atom. The number of amides is 2. The zero-order valence-electron chi connectivity index (χ0n) is 13.5.